The highest BCUT2D eigenvalue weighted by Crippen LogP contribution is 2.31. The van der Waals surface area contributed by atoms with E-state index in [0.717, 1.165) is 15.3 Å². The van der Waals surface area contributed by atoms with Crippen molar-refractivity contribution in [2.45, 2.75) is 24.3 Å². The number of carboxylic acid groups (broad SMARTS) is 1. The molecule has 0 aliphatic carbocycles. The van der Waals surface area contributed by atoms with Gasteiger partial charge in [-0.05, 0) is 42.3 Å². The Hall–Kier alpha value is -2.00. The summed E-state index contributed by atoms with van der Waals surface area (Å²) in [6.45, 7) is 2.74. The monoisotopic (exact) mass is 407 g/mol. The van der Waals surface area contributed by atoms with E-state index in [0.29, 0.717) is 25.1 Å². The van der Waals surface area contributed by atoms with Crippen LogP contribution < -0.4 is 0 Å². The highest BCUT2D eigenvalue weighted by atomic mass is 32.2. The van der Waals surface area contributed by atoms with E-state index in [1.165, 1.54) is 15.6 Å². The zero-order valence-electron chi connectivity index (χ0n) is 15.1. The van der Waals surface area contributed by atoms with Gasteiger partial charge in [-0.15, -0.1) is 11.3 Å². The van der Waals surface area contributed by atoms with Crippen LogP contribution in [0.1, 0.15) is 18.2 Å². The maximum Gasteiger partial charge on any atom is 0.331 e. The maximum atomic E-state index is 12.7. The summed E-state index contributed by atoms with van der Waals surface area (Å²) in [5, 5.41) is 9.16. The molecule has 144 valence electrons. The zero-order valence-corrected chi connectivity index (χ0v) is 16.7. The third-order valence-corrected chi connectivity index (χ3v) is 7.19. The number of sulfonamides is 1. The molecule has 2 aromatic rings. The normalized spacial score (nSPS) is 17.3. The summed E-state index contributed by atoms with van der Waals surface area (Å²) >= 11 is 1.43. The first-order valence-electron chi connectivity index (χ1n) is 8.53. The number of hydrogen-bond acceptors (Lipinski definition) is 5. The Bertz CT molecular complexity index is 973. The lowest BCUT2D eigenvalue weighted by atomic mass is 10.2. The first-order valence-corrected chi connectivity index (χ1v) is 10.8. The van der Waals surface area contributed by atoms with Crippen LogP contribution in [0.4, 0.5) is 0 Å². The Morgan fingerprint density at radius 2 is 2.11 bits per heavy atom. The molecule has 1 atom stereocenters. The van der Waals surface area contributed by atoms with Gasteiger partial charge in [-0.25, -0.2) is 13.2 Å². The highest BCUT2D eigenvalue weighted by Gasteiger charge is 2.30. The predicted octanol–water partition coefficient (Wildman–Crippen LogP) is 3.31. The van der Waals surface area contributed by atoms with Crippen LogP contribution >= 0.6 is 11.3 Å². The summed E-state index contributed by atoms with van der Waals surface area (Å²) < 4.78 is 31.9. The molecule has 27 heavy (non-hydrogen) atoms. The number of epoxide rings is 1. The molecular weight excluding hydrogens is 386 g/mol. The van der Waals surface area contributed by atoms with Gasteiger partial charge in [-0.1, -0.05) is 19.1 Å². The van der Waals surface area contributed by atoms with Crippen LogP contribution in [0.2, 0.25) is 0 Å². The molecule has 8 heteroatoms. The Morgan fingerprint density at radius 3 is 2.74 bits per heavy atom. The largest absolute Gasteiger partial charge is 0.478 e. The Morgan fingerprint density at radius 1 is 1.37 bits per heavy atom. The van der Waals surface area contributed by atoms with Crippen molar-refractivity contribution in [1.82, 2.24) is 4.31 Å². The Labute approximate surface area is 162 Å². The molecule has 1 fully saturated rings. The first kappa shape index (κ1) is 19.8. The molecule has 0 saturated carbocycles. The van der Waals surface area contributed by atoms with Gasteiger partial charge in [-0.3, -0.25) is 0 Å². The second-order valence-corrected chi connectivity index (χ2v) is 9.46. The minimum absolute atomic E-state index is 0.0124. The average molecular weight is 408 g/mol. The van der Waals surface area contributed by atoms with Crippen LogP contribution in [-0.2, 0) is 19.6 Å². The summed E-state index contributed by atoms with van der Waals surface area (Å²) in [6.07, 6.45) is 2.08. The minimum atomic E-state index is -3.58. The lowest BCUT2D eigenvalue weighted by Crippen LogP contribution is -2.30. The third kappa shape index (κ3) is 4.65. The van der Waals surface area contributed by atoms with Crippen LogP contribution in [0.5, 0.6) is 0 Å². The second kappa shape index (κ2) is 7.93. The molecule has 2 heterocycles. The fourth-order valence-electron chi connectivity index (χ4n) is 2.62. The molecule has 0 bridgehead atoms. The van der Waals surface area contributed by atoms with Crippen molar-refractivity contribution < 1.29 is 23.1 Å². The van der Waals surface area contributed by atoms with Crippen LogP contribution in [0.25, 0.3) is 16.5 Å². The number of thiophene rings is 1. The van der Waals surface area contributed by atoms with Crippen LogP contribution in [-0.4, -0.2) is 50.1 Å². The molecule has 3 rings (SSSR count). The van der Waals surface area contributed by atoms with E-state index < -0.39 is 16.0 Å². The van der Waals surface area contributed by atoms with Gasteiger partial charge in [0, 0.05) is 28.9 Å². The molecule has 6 nitrogen and oxygen atoms in total. The molecule has 1 aliphatic heterocycles. The number of carbonyl (C=O) groups is 1. The number of benzene rings is 1. The highest BCUT2D eigenvalue weighted by molar-refractivity contribution is 7.89. The van der Waals surface area contributed by atoms with E-state index in [1.54, 1.807) is 38.2 Å². The summed E-state index contributed by atoms with van der Waals surface area (Å²) in [5.41, 5.74) is 1.12. The molecular formula is C19H21NO5S2. The summed E-state index contributed by atoms with van der Waals surface area (Å²) in [5.74, 6) is -0.928. The fraction of sp³-hybridized carbons (Fsp3) is 0.316. The topological polar surface area (TPSA) is 87.2 Å². The van der Waals surface area contributed by atoms with Crippen LogP contribution in [0, 0.1) is 0 Å². The van der Waals surface area contributed by atoms with Gasteiger partial charge in [0.1, 0.15) is 0 Å². The number of ether oxygens (including phenoxy) is 1. The standard InChI is InChI=1S/C19H21NO5S2/c1-3-13(19(21)22)9-16-7-8-18(26-16)14-5-4-6-17(10-14)27(23,24)20(2)11-15-12-25-15/h4-10,15H,3,11-12H2,1-2H3,(H,21,22)/t15-/m0/s1. The average Bonchev–Trinajstić information content (AvgIpc) is 3.33. The summed E-state index contributed by atoms with van der Waals surface area (Å²) in [7, 11) is -2.03. The summed E-state index contributed by atoms with van der Waals surface area (Å²) in [4.78, 5) is 13.1. The lowest BCUT2D eigenvalue weighted by Gasteiger charge is -2.16. The van der Waals surface area contributed by atoms with Gasteiger partial charge in [-0.2, -0.15) is 4.31 Å². The predicted molar refractivity (Wildman–Crippen MR) is 105 cm³/mol. The van der Waals surface area contributed by atoms with Crippen molar-refractivity contribution in [2.24, 2.45) is 0 Å². The molecule has 0 radical (unpaired) electrons. The van der Waals surface area contributed by atoms with Gasteiger partial charge in [0.15, 0.2) is 0 Å². The van der Waals surface area contributed by atoms with Crippen molar-refractivity contribution in [3.63, 3.8) is 0 Å². The van der Waals surface area contributed by atoms with E-state index in [2.05, 4.69) is 0 Å². The van der Waals surface area contributed by atoms with Gasteiger partial charge >= 0.3 is 5.97 Å². The number of carboxylic acids is 1. The molecule has 1 aromatic carbocycles. The van der Waals surface area contributed by atoms with Gasteiger partial charge in [0.25, 0.3) is 0 Å². The van der Waals surface area contributed by atoms with Crippen molar-refractivity contribution in [1.29, 1.82) is 0 Å². The third-order valence-electron chi connectivity index (χ3n) is 4.29. The number of likely N-dealkylation sites (N-methyl/N-ethyl adjacent to an activating group) is 1. The summed E-state index contributed by atoms with van der Waals surface area (Å²) in [6, 6.07) is 10.5. The lowest BCUT2D eigenvalue weighted by molar-refractivity contribution is -0.132. The molecule has 1 saturated heterocycles. The van der Waals surface area contributed by atoms with E-state index in [4.69, 9.17) is 9.84 Å². The number of rotatable bonds is 8. The van der Waals surface area contributed by atoms with E-state index in [9.17, 15) is 13.2 Å². The second-order valence-electron chi connectivity index (χ2n) is 6.30. The number of aliphatic carboxylic acids is 1. The molecule has 1 aliphatic rings. The quantitative estimate of drug-likeness (QED) is 0.536. The van der Waals surface area contributed by atoms with Crippen LogP contribution in [0.3, 0.4) is 0 Å². The van der Waals surface area contributed by atoms with Gasteiger partial charge in [0.2, 0.25) is 10.0 Å². The van der Waals surface area contributed by atoms with E-state index in [1.807, 2.05) is 18.2 Å². The molecule has 0 unspecified atom stereocenters. The fourth-order valence-corrected chi connectivity index (χ4v) is 4.84. The SMILES string of the molecule is CCC(=Cc1ccc(-c2cccc(S(=O)(=O)N(C)C[C@H]3CO3)c2)s1)C(=O)O. The van der Waals surface area contributed by atoms with Gasteiger partial charge < -0.3 is 9.84 Å². The Kier molecular flexibility index (Phi) is 5.81. The van der Waals surface area contributed by atoms with Crippen molar-refractivity contribution in [3.8, 4) is 10.4 Å². The van der Waals surface area contributed by atoms with E-state index >= 15 is 0 Å². The number of hydrogen-bond donors (Lipinski definition) is 1. The molecule has 0 amide bonds. The zero-order chi connectivity index (χ0) is 19.6. The molecule has 1 N–H and O–H groups in total. The van der Waals surface area contributed by atoms with Gasteiger partial charge in [0.05, 0.1) is 17.6 Å². The maximum absolute atomic E-state index is 12.7. The van der Waals surface area contributed by atoms with Crippen molar-refractivity contribution in [2.75, 3.05) is 20.2 Å². The van der Waals surface area contributed by atoms with Crippen LogP contribution in [0.15, 0.2) is 46.9 Å². The van der Waals surface area contributed by atoms with Crippen molar-refractivity contribution >= 4 is 33.4 Å². The Balaban J connectivity index is 1.87. The van der Waals surface area contributed by atoms with Crippen molar-refractivity contribution in [3.05, 3.63) is 46.8 Å². The first-order chi connectivity index (χ1) is 12.8. The number of nitrogens with zero attached hydrogens (tertiary/aromatic N) is 1. The molecule has 1 aromatic heterocycles. The van der Waals surface area contributed by atoms with E-state index in [-0.39, 0.29) is 11.0 Å². The smallest absolute Gasteiger partial charge is 0.331 e. The minimum Gasteiger partial charge on any atom is -0.478 e. The molecule has 0 spiro atoms.